The number of anilines is 1. The highest BCUT2D eigenvalue weighted by Gasteiger charge is 2.13. The molecule has 144 valence electrons. The summed E-state index contributed by atoms with van der Waals surface area (Å²) < 4.78 is 10.4. The van der Waals surface area contributed by atoms with Crippen molar-refractivity contribution >= 4 is 17.5 Å². The molecule has 0 aliphatic carbocycles. The second-order valence-corrected chi connectivity index (χ2v) is 6.10. The van der Waals surface area contributed by atoms with E-state index in [0.717, 1.165) is 17.7 Å². The molecule has 0 saturated carbocycles. The number of methoxy groups -OCH3 is 2. The van der Waals surface area contributed by atoms with Gasteiger partial charge >= 0.3 is 0 Å². The average molecular weight is 370 g/mol. The zero-order valence-corrected chi connectivity index (χ0v) is 16.0. The van der Waals surface area contributed by atoms with Crippen LogP contribution in [0.25, 0.3) is 0 Å². The Morgan fingerprint density at radius 3 is 2.30 bits per heavy atom. The molecular formula is C21H26N2O4. The molecule has 0 heterocycles. The van der Waals surface area contributed by atoms with Crippen molar-refractivity contribution in [2.45, 2.75) is 19.8 Å². The summed E-state index contributed by atoms with van der Waals surface area (Å²) >= 11 is 0. The summed E-state index contributed by atoms with van der Waals surface area (Å²) in [6.45, 7) is 2.45. The van der Waals surface area contributed by atoms with Crippen molar-refractivity contribution in [1.29, 1.82) is 0 Å². The summed E-state index contributed by atoms with van der Waals surface area (Å²) in [5.74, 6) is 1.20. The van der Waals surface area contributed by atoms with Crippen molar-refractivity contribution in [3.05, 3.63) is 54.1 Å². The molecule has 6 nitrogen and oxygen atoms in total. The van der Waals surface area contributed by atoms with Gasteiger partial charge in [-0.3, -0.25) is 9.59 Å². The Morgan fingerprint density at radius 2 is 1.67 bits per heavy atom. The number of carbonyl (C=O) groups is 2. The van der Waals surface area contributed by atoms with E-state index in [1.807, 2.05) is 36.4 Å². The van der Waals surface area contributed by atoms with Gasteiger partial charge in [0.25, 0.3) is 0 Å². The lowest BCUT2D eigenvalue weighted by atomic mass is 10.1. The molecule has 2 aromatic rings. The fraction of sp³-hybridized carbons (Fsp3) is 0.333. The van der Waals surface area contributed by atoms with E-state index in [0.29, 0.717) is 24.5 Å². The molecule has 0 unspecified atom stereocenters. The summed E-state index contributed by atoms with van der Waals surface area (Å²) in [6, 6.07) is 15.0. The molecule has 0 atom stereocenters. The molecule has 1 N–H and O–H groups in total. The predicted molar refractivity (Wildman–Crippen MR) is 105 cm³/mol. The zero-order chi connectivity index (χ0) is 19.6. The first-order valence-corrected chi connectivity index (χ1v) is 8.84. The van der Waals surface area contributed by atoms with Crippen molar-refractivity contribution in [1.82, 2.24) is 4.90 Å². The fourth-order valence-electron chi connectivity index (χ4n) is 2.68. The second kappa shape index (κ2) is 10.2. The smallest absolute Gasteiger partial charge is 0.226 e. The topological polar surface area (TPSA) is 67.9 Å². The quantitative estimate of drug-likeness (QED) is 0.736. The number of ether oxygens (including phenoxy) is 2. The lowest BCUT2D eigenvalue weighted by Crippen LogP contribution is -2.33. The number of carbonyl (C=O) groups excluding carboxylic acids is 2. The summed E-state index contributed by atoms with van der Waals surface area (Å²) in [7, 11) is 3.18. The lowest BCUT2D eigenvalue weighted by Gasteiger charge is -2.21. The van der Waals surface area contributed by atoms with Gasteiger partial charge in [-0.1, -0.05) is 24.3 Å². The highest BCUT2D eigenvalue weighted by Crippen LogP contribution is 2.23. The number of para-hydroxylation sites is 2. The molecule has 0 bridgehead atoms. The Kier molecular flexibility index (Phi) is 7.67. The summed E-state index contributed by atoms with van der Waals surface area (Å²) in [4.78, 5) is 25.8. The third-order valence-electron chi connectivity index (χ3n) is 4.26. The van der Waals surface area contributed by atoms with Crippen molar-refractivity contribution in [3.8, 4) is 11.5 Å². The molecule has 0 aliphatic rings. The minimum Gasteiger partial charge on any atom is -0.497 e. The SMILES string of the molecule is COc1ccc(CCN(CCC(=O)Nc2ccccc2OC)C(C)=O)cc1. The van der Waals surface area contributed by atoms with Crippen LogP contribution in [0.4, 0.5) is 5.69 Å². The maximum Gasteiger partial charge on any atom is 0.226 e. The van der Waals surface area contributed by atoms with Gasteiger partial charge in [0.1, 0.15) is 11.5 Å². The van der Waals surface area contributed by atoms with E-state index < -0.39 is 0 Å². The molecule has 27 heavy (non-hydrogen) atoms. The Balaban J connectivity index is 1.86. The molecule has 0 aromatic heterocycles. The summed E-state index contributed by atoms with van der Waals surface area (Å²) in [5.41, 5.74) is 1.73. The van der Waals surface area contributed by atoms with Gasteiger partial charge in [0.15, 0.2) is 0 Å². The fourth-order valence-corrected chi connectivity index (χ4v) is 2.68. The first-order chi connectivity index (χ1) is 13.0. The second-order valence-electron chi connectivity index (χ2n) is 6.10. The Hall–Kier alpha value is -3.02. The van der Waals surface area contributed by atoms with E-state index in [1.165, 1.54) is 6.92 Å². The van der Waals surface area contributed by atoms with Gasteiger partial charge in [0.2, 0.25) is 11.8 Å². The van der Waals surface area contributed by atoms with Crippen molar-refractivity contribution in [3.63, 3.8) is 0 Å². The van der Waals surface area contributed by atoms with Crippen LogP contribution in [0.15, 0.2) is 48.5 Å². The lowest BCUT2D eigenvalue weighted by molar-refractivity contribution is -0.129. The first kappa shape index (κ1) is 20.3. The van der Waals surface area contributed by atoms with Gasteiger partial charge in [-0.15, -0.1) is 0 Å². The van der Waals surface area contributed by atoms with Crippen LogP contribution in [0.5, 0.6) is 11.5 Å². The molecule has 2 aromatic carbocycles. The maximum absolute atomic E-state index is 12.2. The summed E-state index contributed by atoms with van der Waals surface area (Å²) in [5, 5.41) is 2.83. The van der Waals surface area contributed by atoms with E-state index in [2.05, 4.69) is 5.32 Å². The summed E-state index contributed by atoms with van der Waals surface area (Å²) in [6.07, 6.45) is 0.942. The van der Waals surface area contributed by atoms with Crippen LogP contribution in [-0.2, 0) is 16.0 Å². The van der Waals surface area contributed by atoms with Crippen molar-refractivity contribution < 1.29 is 19.1 Å². The number of rotatable bonds is 9. The average Bonchev–Trinajstić information content (AvgIpc) is 2.68. The monoisotopic (exact) mass is 370 g/mol. The maximum atomic E-state index is 12.2. The molecule has 0 spiro atoms. The Bertz CT molecular complexity index is 759. The highest BCUT2D eigenvalue weighted by atomic mass is 16.5. The third kappa shape index (κ3) is 6.33. The molecule has 0 saturated heterocycles. The van der Waals surface area contributed by atoms with Crippen LogP contribution in [0.1, 0.15) is 18.9 Å². The highest BCUT2D eigenvalue weighted by molar-refractivity contribution is 5.92. The third-order valence-corrected chi connectivity index (χ3v) is 4.26. The van der Waals surface area contributed by atoms with Gasteiger partial charge in [-0.25, -0.2) is 0 Å². The van der Waals surface area contributed by atoms with E-state index in [9.17, 15) is 9.59 Å². The van der Waals surface area contributed by atoms with Crippen LogP contribution in [0.3, 0.4) is 0 Å². The van der Waals surface area contributed by atoms with E-state index >= 15 is 0 Å². The normalized spacial score (nSPS) is 10.2. The standard InChI is InChI=1S/C21H26N2O4/c1-16(24)23(14-12-17-8-10-18(26-2)11-9-17)15-13-21(25)22-19-6-4-5-7-20(19)27-3/h4-11H,12-15H2,1-3H3,(H,22,25). The van der Waals surface area contributed by atoms with Gasteiger partial charge in [-0.05, 0) is 36.2 Å². The Morgan fingerprint density at radius 1 is 0.963 bits per heavy atom. The number of hydrogen-bond acceptors (Lipinski definition) is 4. The molecule has 2 amide bonds. The van der Waals surface area contributed by atoms with Gasteiger partial charge < -0.3 is 19.7 Å². The number of nitrogens with one attached hydrogen (secondary N) is 1. The number of hydrogen-bond donors (Lipinski definition) is 1. The van der Waals surface area contributed by atoms with E-state index in [1.54, 1.807) is 31.3 Å². The molecule has 0 radical (unpaired) electrons. The largest absolute Gasteiger partial charge is 0.497 e. The molecule has 0 fully saturated rings. The molecule has 2 rings (SSSR count). The van der Waals surface area contributed by atoms with Gasteiger partial charge in [0, 0.05) is 26.4 Å². The van der Waals surface area contributed by atoms with Crippen LogP contribution in [-0.4, -0.2) is 44.0 Å². The van der Waals surface area contributed by atoms with Crippen molar-refractivity contribution in [2.24, 2.45) is 0 Å². The number of amides is 2. The van der Waals surface area contributed by atoms with Crippen LogP contribution in [0.2, 0.25) is 0 Å². The number of benzene rings is 2. The number of nitrogens with zero attached hydrogens (tertiary/aromatic N) is 1. The minimum absolute atomic E-state index is 0.0476. The minimum atomic E-state index is -0.157. The van der Waals surface area contributed by atoms with Gasteiger partial charge in [0.05, 0.1) is 19.9 Å². The molecule has 6 heteroatoms. The van der Waals surface area contributed by atoms with E-state index in [-0.39, 0.29) is 18.2 Å². The van der Waals surface area contributed by atoms with Crippen LogP contribution in [0, 0.1) is 0 Å². The van der Waals surface area contributed by atoms with Crippen molar-refractivity contribution in [2.75, 3.05) is 32.6 Å². The molecule has 0 aliphatic heterocycles. The zero-order valence-electron chi connectivity index (χ0n) is 16.0. The Labute approximate surface area is 160 Å². The first-order valence-electron chi connectivity index (χ1n) is 8.84. The van der Waals surface area contributed by atoms with Crippen LogP contribution < -0.4 is 14.8 Å². The molecular weight excluding hydrogens is 344 g/mol. The van der Waals surface area contributed by atoms with E-state index in [4.69, 9.17) is 9.47 Å². The van der Waals surface area contributed by atoms with Gasteiger partial charge in [-0.2, -0.15) is 0 Å². The van der Waals surface area contributed by atoms with Crippen LogP contribution >= 0.6 is 0 Å². The predicted octanol–water partition coefficient (Wildman–Crippen LogP) is 3.12.